The predicted octanol–water partition coefficient (Wildman–Crippen LogP) is 10.3. The van der Waals surface area contributed by atoms with Gasteiger partial charge in [-0.2, -0.15) is 0 Å². The van der Waals surface area contributed by atoms with E-state index < -0.39 is 49.5 Å². The van der Waals surface area contributed by atoms with Gasteiger partial charge in [0, 0.05) is 6.42 Å². The zero-order valence-electron chi connectivity index (χ0n) is 36.7. The van der Waals surface area contributed by atoms with E-state index in [4.69, 9.17) is 9.47 Å². The molecular weight excluding hydrogens is 707 g/mol. The number of aliphatic hydroxyl groups excluding tert-OH is 5. The van der Waals surface area contributed by atoms with Crippen molar-refractivity contribution in [1.82, 2.24) is 5.32 Å². The first-order chi connectivity index (χ1) is 27.3. The average Bonchev–Trinajstić information content (AvgIpc) is 3.20. The van der Waals surface area contributed by atoms with Crippen LogP contribution in [0, 0.1) is 0 Å². The fraction of sp³-hybridized carbons (Fsp3) is 0.979. The Hall–Kier alpha value is -0.810. The first-order valence-electron chi connectivity index (χ1n) is 24.2. The maximum absolute atomic E-state index is 12.9. The molecule has 0 aliphatic carbocycles. The summed E-state index contributed by atoms with van der Waals surface area (Å²) >= 11 is 0. The van der Waals surface area contributed by atoms with E-state index in [0.717, 1.165) is 38.5 Å². The molecular formula is C47H93NO8. The topological polar surface area (TPSA) is 149 Å². The van der Waals surface area contributed by atoms with Crippen LogP contribution in [0.3, 0.4) is 0 Å². The summed E-state index contributed by atoms with van der Waals surface area (Å²) in [6, 6.07) is -0.709. The molecule has 1 aliphatic heterocycles. The maximum atomic E-state index is 12.9. The summed E-state index contributed by atoms with van der Waals surface area (Å²) in [6.07, 6.45) is 36.0. The molecule has 9 nitrogen and oxygen atoms in total. The van der Waals surface area contributed by atoms with Gasteiger partial charge in [0.15, 0.2) is 6.29 Å². The van der Waals surface area contributed by atoms with Gasteiger partial charge >= 0.3 is 0 Å². The highest BCUT2D eigenvalue weighted by Crippen LogP contribution is 2.23. The molecule has 1 rings (SSSR count). The van der Waals surface area contributed by atoms with E-state index in [0.29, 0.717) is 12.8 Å². The van der Waals surface area contributed by atoms with Gasteiger partial charge in [-0.15, -0.1) is 0 Å². The summed E-state index contributed by atoms with van der Waals surface area (Å²) in [5.41, 5.74) is 0. The summed E-state index contributed by atoms with van der Waals surface area (Å²) in [5.74, 6) is -0.144. The molecule has 1 saturated heterocycles. The van der Waals surface area contributed by atoms with E-state index in [1.807, 2.05) is 0 Å². The summed E-state index contributed by atoms with van der Waals surface area (Å²) in [4.78, 5) is 12.9. The van der Waals surface area contributed by atoms with Crippen LogP contribution in [0.25, 0.3) is 0 Å². The fourth-order valence-electron chi connectivity index (χ4n) is 8.04. The second-order valence-electron chi connectivity index (χ2n) is 17.3. The third kappa shape index (κ3) is 28.6. The lowest BCUT2D eigenvalue weighted by atomic mass is 9.99. The molecule has 334 valence electrons. The summed E-state index contributed by atoms with van der Waals surface area (Å²) < 4.78 is 11.2. The molecule has 0 radical (unpaired) electrons. The standard InChI is InChI=1S/C47H93NO8/c1-3-5-7-9-11-12-13-14-15-16-17-18-19-20-21-22-23-24-25-26-27-28-29-30-31-33-35-37-43(51)48-40(41(50)36-34-32-10-8-6-4-2)39-55-47-46(54)45(53)44(52)42(38-49)56-47/h40-42,44-47,49-50,52-54H,3-39H2,1-2H3,(H,48,51). The molecule has 7 unspecified atom stereocenters. The molecule has 0 aromatic carbocycles. The van der Waals surface area contributed by atoms with Crippen LogP contribution in [-0.4, -0.2) is 87.5 Å². The average molecular weight is 800 g/mol. The SMILES string of the molecule is CCCCCCCCCCCCCCCCCCCCCCCCCCCCCC(=O)NC(COC1OC(CO)C(O)C(O)C1O)C(O)CCCCCCCC. The minimum Gasteiger partial charge on any atom is -0.394 e. The molecule has 0 bridgehead atoms. The molecule has 56 heavy (non-hydrogen) atoms. The van der Waals surface area contributed by atoms with Gasteiger partial charge in [0.1, 0.15) is 24.4 Å². The number of ether oxygens (including phenoxy) is 2. The number of aliphatic hydroxyl groups is 5. The number of carbonyl (C=O) groups is 1. The quantitative estimate of drug-likeness (QED) is 0.0335. The predicted molar refractivity (Wildman–Crippen MR) is 231 cm³/mol. The molecule has 7 atom stereocenters. The second-order valence-corrected chi connectivity index (χ2v) is 17.3. The molecule has 0 aromatic heterocycles. The molecule has 0 aromatic rings. The molecule has 1 aliphatic rings. The van der Waals surface area contributed by atoms with Crippen molar-refractivity contribution in [3.8, 4) is 0 Å². The van der Waals surface area contributed by atoms with Crippen molar-refractivity contribution < 1.29 is 39.8 Å². The number of carbonyl (C=O) groups excluding carboxylic acids is 1. The molecule has 0 spiro atoms. The fourth-order valence-corrected chi connectivity index (χ4v) is 8.04. The van der Waals surface area contributed by atoms with Gasteiger partial charge < -0.3 is 40.3 Å². The molecule has 9 heteroatoms. The van der Waals surface area contributed by atoms with Crippen LogP contribution in [0.5, 0.6) is 0 Å². The van der Waals surface area contributed by atoms with Crippen molar-refractivity contribution in [3.05, 3.63) is 0 Å². The van der Waals surface area contributed by atoms with Gasteiger partial charge in [-0.3, -0.25) is 4.79 Å². The van der Waals surface area contributed by atoms with Crippen LogP contribution in [0.15, 0.2) is 0 Å². The first-order valence-corrected chi connectivity index (χ1v) is 24.2. The van der Waals surface area contributed by atoms with Gasteiger partial charge in [-0.05, 0) is 12.8 Å². The van der Waals surface area contributed by atoms with Crippen LogP contribution < -0.4 is 5.32 Å². The molecule has 0 saturated carbocycles. The van der Waals surface area contributed by atoms with Crippen molar-refractivity contribution >= 4 is 5.91 Å². The molecule has 6 N–H and O–H groups in total. The Labute approximate surface area is 344 Å². The minimum atomic E-state index is -1.55. The Morgan fingerprint density at radius 2 is 0.893 bits per heavy atom. The van der Waals surface area contributed by atoms with Crippen molar-refractivity contribution in [1.29, 1.82) is 0 Å². The van der Waals surface area contributed by atoms with Gasteiger partial charge in [0.25, 0.3) is 0 Å². The van der Waals surface area contributed by atoms with E-state index >= 15 is 0 Å². The Morgan fingerprint density at radius 3 is 1.27 bits per heavy atom. The lowest BCUT2D eigenvalue weighted by molar-refractivity contribution is -0.302. The van der Waals surface area contributed by atoms with E-state index in [9.17, 15) is 30.3 Å². The van der Waals surface area contributed by atoms with E-state index in [1.165, 1.54) is 173 Å². The summed E-state index contributed by atoms with van der Waals surface area (Å²) in [5, 5.41) is 54.0. The van der Waals surface area contributed by atoms with Crippen LogP contribution in [0.4, 0.5) is 0 Å². The van der Waals surface area contributed by atoms with Gasteiger partial charge in [-0.1, -0.05) is 219 Å². The highest BCUT2D eigenvalue weighted by molar-refractivity contribution is 5.76. The molecule has 1 heterocycles. The van der Waals surface area contributed by atoms with Crippen molar-refractivity contribution in [2.75, 3.05) is 13.2 Å². The number of nitrogens with one attached hydrogen (secondary N) is 1. The highest BCUT2D eigenvalue weighted by Gasteiger charge is 2.44. The van der Waals surface area contributed by atoms with Crippen molar-refractivity contribution in [3.63, 3.8) is 0 Å². The highest BCUT2D eigenvalue weighted by atomic mass is 16.7. The maximum Gasteiger partial charge on any atom is 0.220 e. The van der Waals surface area contributed by atoms with E-state index in [1.54, 1.807) is 0 Å². The number of rotatable bonds is 41. The largest absolute Gasteiger partial charge is 0.394 e. The number of hydrogen-bond donors (Lipinski definition) is 6. The third-order valence-corrected chi connectivity index (χ3v) is 12.0. The zero-order chi connectivity index (χ0) is 40.9. The van der Waals surface area contributed by atoms with E-state index in [2.05, 4.69) is 19.2 Å². The van der Waals surface area contributed by atoms with Crippen LogP contribution in [-0.2, 0) is 14.3 Å². The third-order valence-electron chi connectivity index (χ3n) is 12.0. The van der Waals surface area contributed by atoms with E-state index in [-0.39, 0.29) is 12.5 Å². The lowest BCUT2D eigenvalue weighted by Crippen LogP contribution is -2.60. The van der Waals surface area contributed by atoms with Gasteiger partial charge in [0.05, 0.1) is 25.4 Å². The Bertz CT molecular complexity index is 847. The minimum absolute atomic E-state index is 0.134. The van der Waals surface area contributed by atoms with Gasteiger partial charge in [0.2, 0.25) is 5.91 Å². The van der Waals surface area contributed by atoms with Crippen LogP contribution in [0.2, 0.25) is 0 Å². The summed E-state index contributed by atoms with van der Waals surface area (Å²) in [6.45, 7) is 3.78. The van der Waals surface area contributed by atoms with Crippen LogP contribution >= 0.6 is 0 Å². The smallest absolute Gasteiger partial charge is 0.220 e. The zero-order valence-corrected chi connectivity index (χ0v) is 36.7. The number of unbranched alkanes of at least 4 members (excludes halogenated alkanes) is 31. The monoisotopic (exact) mass is 800 g/mol. The Balaban J connectivity index is 2.07. The Kier molecular flexibility index (Phi) is 36.5. The van der Waals surface area contributed by atoms with Crippen molar-refractivity contribution in [2.45, 2.75) is 281 Å². The second kappa shape index (κ2) is 38.4. The van der Waals surface area contributed by atoms with Crippen molar-refractivity contribution in [2.24, 2.45) is 0 Å². The lowest BCUT2D eigenvalue weighted by Gasteiger charge is -2.40. The number of hydrogen-bond acceptors (Lipinski definition) is 8. The molecule has 1 amide bonds. The van der Waals surface area contributed by atoms with Gasteiger partial charge in [-0.25, -0.2) is 0 Å². The molecule has 1 fully saturated rings. The number of amides is 1. The first kappa shape index (κ1) is 53.2. The normalized spacial score (nSPS) is 21.0. The Morgan fingerprint density at radius 1 is 0.536 bits per heavy atom. The summed E-state index contributed by atoms with van der Waals surface area (Å²) in [7, 11) is 0. The van der Waals surface area contributed by atoms with Crippen LogP contribution in [0.1, 0.15) is 239 Å².